The molecule has 18 heavy (non-hydrogen) atoms. The van der Waals surface area contributed by atoms with Crippen LogP contribution >= 0.6 is 11.6 Å². The Morgan fingerprint density at radius 3 is 2.89 bits per heavy atom. The average molecular weight is 269 g/mol. The largest absolute Gasteiger partial charge is 0.511 e. The van der Waals surface area contributed by atoms with E-state index in [0.717, 1.165) is 12.8 Å². The smallest absolute Gasteiger partial charge is 0.449 e. The van der Waals surface area contributed by atoms with Crippen molar-refractivity contribution in [2.24, 2.45) is 0 Å². The van der Waals surface area contributed by atoms with Gasteiger partial charge in [0, 0.05) is 5.92 Å². The van der Waals surface area contributed by atoms with E-state index in [9.17, 15) is 4.79 Å². The Balaban J connectivity index is 2.28. The number of hydrogen-bond acceptors (Lipinski definition) is 5. The molecule has 1 aliphatic rings. The van der Waals surface area contributed by atoms with Crippen molar-refractivity contribution in [3.63, 3.8) is 0 Å². The summed E-state index contributed by atoms with van der Waals surface area (Å²) in [6.07, 6.45) is 0.544. The van der Waals surface area contributed by atoms with E-state index in [1.165, 1.54) is 0 Å². The molecule has 0 saturated heterocycles. The molecule has 0 atom stereocenters. The van der Waals surface area contributed by atoms with Crippen molar-refractivity contribution in [3.8, 4) is 5.75 Å². The first kappa shape index (κ1) is 11.3. The molecule has 1 saturated carbocycles. The predicted octanol–water partition coefficient (Wildman–Crippen LogP) is 3.12. The van der Waals surface area contributed by atoms with Crippen LogP contribution in [0.3, 0.4) is 0 Å². The summed E-state index contributed by atoms with van der Waals surface area (Å²) in [5.41, 5.74) is 1.38. The highest BCUT2D eigenvalue weighted by Gasteiger charge is 2.32. The number of rotatable bonds is 2. The van der Waals surface area contributed by atoms with Gasteiger partial charge >= 0.3 is 6.16 Å². The Morgan fingerprint density at radius 2 is 2.28 bits per heavy atom. The van der Waals surface area contributed by atoms with Gasteiger partial charge in [0.25, 0.3) is 5.71 Å². The quantitative estimate of drug-likeness (QED) is 0.842. The van der Waals surface area contributed by atoms with Gasteiger partial charge in [0.2, 0.25) is 0 Å². The fraction of sp³-hybridized carbons (Fsp3) is 0.364. The van der Waals surface area contributed by atoms with E-state index in [1.807, 2.05) is 0 Å². The zero-order valence-corrected chi connectivity index (χ0v) is 10.2. The number of carboxylic acid groups (broad SMARTS) is 1. The van der Waals surface area contributed by atoms with Crippen LogP contribution in [-0.2, 0) is 0 Å². The summed E-state index contributed by atoms with van der Waals surface area (Å²) in [6, 6.07) is 0. The first-order valence-corrected chi connectivity index (χ1v) is 5.82. The fourth-order valence-corrected chi connectivity index (χ4v) is 2.22. The maximum atomic E-state index is 10.7. The molecule has 0 bridgehead atoms. The van der Waals surface area contributed by atoms with E-state index in [-0.39, 0.29) is 22.4 Å². The highest BCUT2D eigenvalue weighted by molar-refractivity contribution is 6.34. The minimum Gasteiger partial charge on any atom is -0.449 e. The Kier molecular flexibility index (Phi) is 2.41. The first-order valence-electron chi connectivity index (χ1n) is 5.44. The maximum absolute atomic E-state index is 10.7. The van der Waals surface area contributed by atoms with E-state index < -0.39 is 6.16 Å². The van der Waals surface area contributed by atoms with Crippen molar-refractivity contribution in [2.75, 3.05) is 0 Å². The zero-order valence-electron chi connectivity index (χ0n) is 9.44. The van der Waals surface area contributed by atoms with Crippen molar-refractivity contribution in [1.82, 2.24) is 10.1 Å². The molecule has 1 N–H and O–H groups in total. The molecule has 3 rings (SSSR count). The number of hydrogen-bond donors (Lipinski definition) is 1. The van der Waals surface area contributed by atoms with Gasteiger partial charge in [-0.15, -0.1) is 0 Å². The minimum absolute atomic E-state index is 0.0646. The van der Waals surface area contributed by atoms with Crippen LogP contribution in [0.4, 0.5) is 4.79 Å². The molecule has 7 heteroatoms. The average Bonchev–Trinajstić information content (AvgIpc) is 3.07. The third-order valence-electron chi connectivity index (χ3n) is 2.87. The van der Waals surface area contributed by atoms with E-state index >= 15 is 0 Å². The number of carbonyl (C=O) groups is 1. The van der Waals surface area contributed by atoms with Crippen molar-refractivity contribution in [2.45, 2.75) is 25.7 Å². The highest BCUT2D eigenvalue weighted by atomic mass is 35.5. The second-order valence-electron chi connectivity index (χ2n) is 4.23. The minimum atomic E-state index is -1.42. The summed E-state index contributed by atoms with van der Waals surface area (Å²) < 4.78 is 9.81. The van der Waals surface area contributed by atoms with Gasteiger partial charge in [-0.25, -0.2) is 9.78 Å². The molecule has 1 aliphatic carbocycles. The van der Waals surface area contributed by atoms with Crippen molar-refractivity contribution in [1.29, 1.82) is 0 Å². The molecule has 2 aromatic heterocycles. The Hall–Kier alpha value is -1.82. The molecule has 0 aliphatic heterocycles. The van der Waals surface area contributed by atoms with Crippen molar-refractivity contribution >= 4 is 28.9 Å². The summed E-state index contributed by atoms with van der Waals surface area (Å²) in [7, 11) is 0. The molecule has 1 fully saturated rings. The first-order chi connectivity index (χ1) is 8.58. The lowest BCUT2D eigenvalue weighted by Gasteiger charge is -2.07. The highest BCUT2D eigenvalue weighted by Crippen LogP contribution is 2.47. The molecular weight excluding hydrogens is 260 g/mol. The number of aryl methyl sites for hydroxylation is 1. The third-order valence-corrected chi connectivity index (χ3v) is 3.24. The molecule has 0 amide bonds. The van der Waals surface area contributed by atoms with Crippen LogP contribution in [0.15, 0.2) is 4.52 Å². The maximum Gasteiger partial charge on any atom is 0.511 e. The lowest BCUT2D eigenvalue weighted by Crippen LogP contribution is -2.05. The van der Waals surface area contributed by atoms with Gasteiger partial charge < -0.3 is 14.4 Å². The number of ether oxygens (including phenoxy) is 1. The normalized spacial score (nSPS) is 15.0. The lowest BCUT2D eigenvalue weighted by molar-refractivity contribution is 0.145. The topological polar surface area (TPSA) is 85.5 Å². The summed E-state index contributed by atoms with van der Waals surface area (Å²) in [4.78, 5) is 15.0. The van der Waals surface area contributed by atoms with Crippen LogP contribution in [0, 0.1) is 6.92 Å². The molecule has 0 radical (unpaired) electrons. The molecular formula is C11H9ClN2O4. The van der Waals surface area contributed by atoms with Gasteiger partial charge in [0.1, 0.15) is 10.4 Å². The van der Waals surface area contributed by atoms with Crippen LogP contribution in [0.5, 0.6) is 5.75 Å². The van der Waals surface area contributed by atoms with E-state index in [4.69, 9.17) is 26.0 Å². The van der Waals surface area contributed by atoms with Crippen LogP contribution in [0.25, 0.3) is 11.1 Å². The second-order valence-corrected chi connectivity index (χ2v) is 4.61. The van der Waals surface area contributed by atoms with Gasteiger partial charge in [-0.05, 0) is 19.8 Å². The van der Waals surface area contributed by atoms with E-state index in [2.05, 4.69) is 10.1 Å². The number of aromatic nitrogens is 2. The fourth-order valence-electron chi connectivity index (χ4n) is 1.89. The Labute approximate surface area is 106 Å². The molecule has 0 unspecified atom stereocenters. The number of halogens is 1. The number of pyridine rings is 1. The van der Waals surface area contributed by atoms with Crippen LogP contribution in [0.2, 0.25) is 5.02 Å². The monoisotopic (exact) mass is 268 g/mol. The molecule has 94 valence electrons. The summed E-state index contributed by atoms with van der Waals surface area (Å²) in [5, 5.41) is 13.2. The van der Waals surface area contributed by atoms with Crippen LogP contribution in [0.1, 0.15) is 30.1 Å². The van der Waals surface area contributed by atoms with Crippen molar-refractivity contribution < 1.29 is 19.2 Å². The van der Waals surface area contributed by atoms with Gasteiger partial charge in [-0.1, -0.05) is 16.8 Å². The van der Waals surface area contributed by atoms with Crippen molar-refractivity contribution in [3.05, 3.63) is 16.4 Å². The molecule has 6 nitrogen and oxygen atoms in total. The lowest BCUT2D eigenvalue weighted by atomic mass is 10.2. The molecule has 2 heterocycles. The number of fused-ring (bicyclic) bond motifs is 1. The Bertz CT molecular complexity index is 648. The second kappa shape index (κ2) is 3.84. The standard InChI is InChI=1S/C11H9ClN2O4/c1-4-6-9(17-11(15)16)7(12)8(5-2-3-5)13-10(6)18-14-4/h5H,2-3H2,1H3,(H,15,16). The van der Waals surface area contributed by atoms with Crippen LogP contribution in [-0.4, -0.2) is 21.4 Å². The molecule has 2 aromatic rings. The predicted molar refractivity (Wildman–Crippen MR) is 62.2 cm³/mol. The van der Waals surface area contributed by atoms with Gasteiger partial charge in [-0.2, -0.15) is 0 Å². The number of nitrogens with zero attached hydrogens (tertiary/aromatic N) is 2. The molecule has 0 aromatic carbocycles. The third kappa shape index (κ3) is 1.69. The molecule has 0 spiro atoms. The zero-order chi connectivity index (χ0) is 12.9. The Morgan fingerprint density at radius 1 is 1.56 bits per heavy atom. The summed E-state index contributed by atoms with van der Waals surface area (Å²) in [6.45, 7) is 1.68. The SMILES string of the molecule is Cc1noc2nc(C3CC3)c(Cl)c(OC(=O)O)c12. The summed E-state index contributed by atoms with van der Waals surface area (Å²) in [5.74, 6) is 0.318. The van der Waals surface area contributed by atoms with E-state index in [1.54, 1.807) is 6.92 Å². The van der Waals surface area contributed by atoms with E-state index in [0.29, 0.717) is 16.8 Å². The van der Waals surface area contributed by atoms with Gasteiger partial charge in [-0.3, -0.25) is 0 Å². The van der Waals surface area contributed by atoms with Gasteiger partial charge in [0.15, 0.2) is 5.75 Å². The van der Waals surface area contributed by atoms with Crippen LogP contribution < -0.4 is 4.74 Å². The summed E-state index contributed by atoms with van der Waals surface area (Å²) >= 11 is 6.18. The van der Waals surface area contributed by atoms with Gasteiger partial charge in [0.05, 0.1) is 11.4 Å².